The van der Waals surface area contributed by atoms with Crippen molar-refractivity contribution in [2.45, 2.75) is 39.3 Å². The summed E-state index contributed by atoms with van der Waals surface area (Å²) in [5.41, 5.74) is 0.954. The minimum Gasteiger partial charge on any atom is -0.323 e. The van der Waals surface area contributed by atoms with Gasteiger partial charge >= 0.3 is 6.03 Å². The number of carbonyl (C=O) groups excluding carboxylic acids is 2. The van der Waals surface area contributed by atoms with Crippen molar-refractivity contribution in [2.75, 3.05) is 0 Å². The van der Waals surface area contributed by atoms with Crippen LogP contribution in [-0.4, -0.2) is 27.4 Å². The van der Waals surface area contributed by atoms with E-state index in [9.17, 15) is 9.59 Å². The standard InChI is InChI=1S/C18H21N3O2S/c1-12(2)9-18(3)16(22)21(17(23)20-18)10-14-11-24-15(19-14)13-7-5-4-6-8-13/h4-8,11-12H,9-10H2,1-3H3,(H,20,23)/t18-/m0/s1. The van der Waals surface area contributed by atoms with Crippen molar-refractivity contribution in [1.29, 1.82) is 0 Å². The van der Waals surface area contributed by atoms with E-state index in [1.165, 1.54) is 16.2 Å². The van der Waals surface area contributed by atoms with E-state index in [0.717, 1.165) is 16.3 Å². The van der Waals surface area contributed by atoms with Crippen molar-refractivity contribution < 1.29 is 9.59 Å². The summed E-state index contributed by atoms with van der Waals surface area (Å²) in [5, 5.41) is 5.63. The Labute approximate surface area is 145 Å². The highest BCUT2D eigenvalue weighted by atomic mass is 32.1. The molecule has 1 fully saturated rings. The summed E-state index contributed by atoms with van der Waals surface area (Å²) in [6.45, 7) is 6.09. The molecule has 24 heavy (non-hydrogen) atoms. The molecule has 3 amide bonds. The van der Waals surface area contributed by atoms with Crippen LogP contribution in [0.1, 0.15) is 32.9 Å². The second kappa shape index (κ2) is 6.36. The first kappa shape index (κ1) is 16.6. The molecule has 6 heteroatoms. The van der Waals surface area contributed by atoms with E-state index in [4.69, 9.17) is 0 Å². The van der Waals surface area contributed by atoms with Crippen LogP contribution in [0.15, 0.2) is 35.7 Å². The van der Waals surface area contributed by atoms with Gasteiger partial charge in [0.2, 0.25) is 0 Å². The number of amides is 3. The lowest BCUT2D eigenvalue weighted by atomic mass is 9.91. The van der Waals surface area contributed by atoms with Crippen molar-refractivity contribution in [3.8, 4) is 10.6 Å². The SMILES string of the molecule is CC(C)C[C@]1(C)NC(=O)N(Cc2csc(-c3ccccc3)n2)C1=O. The molecule has 1 atom stereocenters. The molecule has 1 aliphatic rings. The molecule has 1 saturated heterocycles. The van der Waals surface area contributed by atoms with E-state index in [1.54, 1.807) is 6.92 Å². The van der Waals surface area contributed by atoms with Gasteiger partial charge in [-0.15, -0.1) is 11.3 Å². The third-order valence-corrected chi connectivity index (χ3v) is 4.99. The van der Waals surface area contributed by atoms with E-state index >= 15 is 0 Å². The summed E-state index contributed by atoms with van der Waals surface area (Å²) in [6.07, 6.45) is 0.625. The minimum atomic E-state index is -0.816. The maximum absolute atomic E-state index is 12.7. The molecule has 0 radical (unpaired) electrons. The van der Waals surface area contributed by atoms with Crippen LogP contribution < -0.4 is 5.32 Å². The van der Waals surface area contributed by atoms with Gasteiger partial charge in [-0.2, -0.15) is 0 Å². The zero-order chi connectivity index (χ0) is 17.3. The van der Waals surface area contributed by atoms with Gasteiger partial charge in [0.15, 0.2) is 0 Å². The minimum absolute atomic E-state index is 0.171. The van der Waals surface area contributed by atoms with Crippen molar-refractivity contribution in [3.63, 3.8) is 0 Å². The zero-order valence-electron chi connectivity index (χ0n) is 14.1. The Kier molecular flexibility index (Phi) is 4.41. The van der Waals surface area contributed by atoms with E-state index in [1.807, 2.05) is 49.6 Å². The fraction of sp³-hybridized carbons (Fsp3) is 0.389. The van der Waals surface area contributed by atoms with Gasteiger partial charge < -0.3 is 5.32 Å². The Morgan fingerprint density at radius 1 is 1.25 bits per heavy atom. The Hall–Kier alpha value is -2.21. The third kappa shape index (κ3) is 3.19. The molecule has 2 heterocycles. The van der Waals surface area contributed by atoms with Gasteiger partial charge in [-0.3, -0.25) is 9.69 Å². The number of urea groups is 1. The summed E-state index contributed by atoms with van der Waals surface area (Å²) in [4.78, 5) is 30.7. The summed E-state index contributed by atoms with van der Waals surface area (Å²) < 4.78 is 0. The van der Waals surface area contributed by atoms with Crippen LogP contribution >= 0.6 is 11.3 Å². The molecular weight excluding hydrogens is 322 g/mol. The van der Waals surface area contributed by atoms with Crippen LogP contribution in [0.25, 0.3) is 10.6 Å². The summed E-state index contributed by atoms with van der Waals surface area (Å²) in [7, 11) is 0. The Morgan fingerprint density at radius 2 is 1.96 bits per heavy atom. The molecule has 1 aromatic heterocycles. The summed E-state index contributed by atoms with van der Waals surface area (Å²) in [6, 6.07) is 9.54. The lowest BCUT2D eigenvalue weighted by Crippen LogP contribution is -2.44. The van der Waals surface area contributed by atoms with Crippen LogP contribution in [0.2, 0.25) is 0 Å². The van der Waals surface area contributed by atoms with Crippen LogP contribution in [-0.2, 0) is 11.3 Å². The Balaban J connectivity index is 1.76. The first-order valence-electron chi connectivity index (χ1n) is 8.03. The average Bonchev–Trinajstić information content (AvgIpc) is 3.07. The lowest BCUT2D eigenvalue weighted by Gasteiger charge is -2.23. The van der Waals surface area contributed by atoms with Crippen LogP contribution in [0.4, 0.5) is 4.79 Å². The molecular formula is C18H21N3O2S. The molecule has 0 spiro atoms. The quantitative estimate of drug-likeness (QED) is 0.843. The van der Waals surface area contributed by atoms with Crippen molar-refractivity contribution in [1.82, 2.24) is 15.2 Å². The zero-order valence-corrected chi connectivity index (χ0v) is 14.9. The van der Waals surface area contributed by atoms with Gasteiger partial charge in [0.1, 0.15) is 10.5 Å². The van der Waals surface area contributed by atoms with Gasteiger partial charge in [-0.1, -0.05) is 44.2 Å². The molecule has 126 valence electrons. The van der Waals surface area contributed by atoms with Crippen LogP contribution in [0, 0.1) is 5.92 Å². The molecule has 0 saturated carbocycles. The number of aromatic nitrogens is 1. The number of benzene rings is 1. The fourth-order valence-corrected chi connectivity index (χ4v) is 3.92. The molecule has 1 N–H and O–H groups in total. The molecule has 0 unspecified atom stereocenters. The highest BCUT2D eigenvalue weighted by Crippen LogP contribution is 2.28. The Bertz CT molecular complexity index is 757. The number of hydrogen-bond acceptors (Lipinski definition) is 4. The van der Waals surface area contributed by atoms with Gasteiger partial charge in [0.05, 0.1) is 12.2 Å². The lowest BCUT2D eigenvalue weighted by molar-refractivity contribution is -0.131. The number of carbonyl (C=O) groups is 2. The highest BCUT2D eigenvalue weighted by Gasteiger charge is 2.47. The summed E-state index contributed by atoms with van der Waals surface area (Å²) >= 11 is 1.52. The predicted octanol–water partition coefficient (Wildman–Crippen LogP) is 3.67. The number of hydrogen-bond donors (Lipinski definition) is 1. The van der Waals surface area contributed by atoms with E-state index < -0.39 is 5.54 Å². The second-order valence-corrected chi connectivity index (χ2v) is 7.62. The molecule has 1 aromatic carbocycles. The maximum atomic E-state index is 12.7. The van der Waals surface area contributed by atoms with E-state index in [0.29, 0.717) is 12.3 Å². The molecule has 1 aliphatic heterocycles. The largest absolute Gasteiger partial charge is 0.325 e. The smallest absolute Gasteiger partial charge is 0.323 e. The molecule has 2 aromatic rings. The number of imide groups is 1. The topological polar surface area (TPSA) is 62.3 Å². The fourth-order valence-electron chi connectivity index (χ4n) is 3.10. The maximum Gasteiger partial charge on any atom is 0.325 e. The Morgan fingerprint density at radius 3 is 2.62 bits per heavy atom. The predicted molar refractivity (Wildman–Crippen MR) is 94.5 cm³/mol. The third-order valence-electron chi connectivity index (χ3n) is 4.05. The van der Waals surface area contributed by atoms with E-state index in [2.05, 4.69) is 10.3 Å². The number of nitrogens with one attached hydrogen (secondary N) is 1. The van der Waals surface area contributed by atoms with Gasteiger partial charge in [-0.25, -0.2) is 9.78 Å². The number of rotatable bonds is 5. The van der Waals surface area contributed by atoms with Crippen LogP contribution in [0.3, 0.4) is 0 Å². The van der Waals surface area contributed by atoms with E-state index in [-0.39, 0.29) is 18.5 Å². The monoisotopic (exact) mass is 343 g/mol. The van der Waals surface area contributed by atoms with Gasteiger partial charge in [0.25, 0.3) is 5.91 Å². The number of thiazole rings is 1. The van der Waals surface area contributed by atoms with Gasteiger partial charge in [0, 0.05) is 10.9 Å². The highest BCUT2D eigenvalue weighted by molar-refractivity contribution is 7.13. The van der Waals surface area contributed by atoms with Crippen molar-refractivity contribution in [2.24, 2.45) is 5.92 Å². The van der Waals surface area contributed by atoms with Crippen molar-refractivity contribution in [3.05, 3.63) is 41.4 Å². The second-order valence-electron chi connectivity index (χ2n) is 6.76. The molecule has 0 aliphatic carbocycles. The number of nitrogens with zero attached hydrogens (tertiary/aromatic N) is 2. The molecule has 0 bridgehead atoms. The molecule has 5 nitrogen and oxygen atoms in total. The normalized spacial score (nSPS) is 20.8. The summed E-state index contributed by atoms with van der Waals surface area (Å²) in [5.74, 6) is 0.151. The molecule has 3 rings (SSSR count). The van der Waals surface area contributed by atoms with Gasteiger partial charge in [-0.05, 0) is 19.3 Å². The van der Waals surface area contributed by atoms with Crippen LogP contribution in [0.5, 0.6) is 0 Å². The first-order chi connectivity index (χ1) is 11.4. The van der Waals surface area contributed by atoms with Crippen molar-refractivity contribution >= 4 is 23.3 Å². The first-order valence-corrected chi connectivity index (χ1v) is 8.91. The average molecular weight is 343 g/mol.